The molecular weight excluding hydrogens is 502 g/mol. The number of carbonyl (C=O) groups excluding carboxylic acids is 2. The van der Waals surface area contributed by atoms with Gasteiger partial charge in [-0.25, -0.2) is 14.8 Å². The number of anilines is 1. The van der Waals surface area contributed by atoms with Crippen molar-refractivity contribution in [2.45, 2.75) is 59.0 Å². The highest BCUT2D eigenvalue weighted by Crippen LogP contribution is 2.28. The van der Waals surface area contributed by atoms with Gasteiger partial charge in [-0.2, -0.15) is 0 Å². The van der Waals surface area contributed by atoms with Crippen LogP contribution < -0.4 is 10.6 Å². The molecule has 39 heavy (non-hydrogen) atoms. The number of carboxylic acid groups (broad SMARTS) is 1. The van der Waals surface area contributed by atoms with Crippen LogP contribution in [0.5, 0.6) is 0 Å². The van der Waals surface area contributed by atoms with Gasteiger partial charge in [0.25, 0.3) is 5.91 Å². The smallest absolute Gasteiger partial charge is 0.407 e. The van der Waals surface area contributed by atoms with Gasteiger partial charge < -0.3 is 30.0 Å². The third kappa shape index (κ3) is 6.73. The minimum Gasteiger partial charge on any atom is -0.467 e. The van der Waals surface area contributed by atoms with Gasteiger partial charge in [0.2, 0.25) is 5.91 Å². The van der Waals surface area contributed by atoms with Crippen LogP contribution in [0.25, 0.3) is 0 Å². The first-order valence-corrected chi connectivity index (χ1v) is 13.2. The number of likely N-dealkylation sites (tertiary alicyclic amines) is 1. The zero-order chi connectivity index (χ0) is 28.3. The summed E-state index contributed by atoms with van der Waals surface area (Å²) in [6.45, 7) is 11.1. The summed E-state index contributed by atoms with van der Waals surface area (Å²) in [6.07, 6.45) is 2.52. The molecule has 0 radical (unpaired) electrons. The normalized spacial score (nSPS) is 19.6. The molecule has 2 aliphatic rings. The maximum atomic E-state index is 14.2. The van der Waals surface area contributed by atoms with Gasteiger partial charge in [-0.05, 0) is 24.5 Å². The molecule has 2 aromatic heterocycles. The molecule has 1 saturated heterocycles. The van der Waals surface area contributed by atoms with Crippen LogP contribution in [0.4, 0.5) is 10.6 Å². The van der Waals surface area contributed by atoms with Gasteiger partial charge in [0.05, 0.1) is 18.8 Å². The molecule has 0 unspecified atom stereocenters. The number of aromatic nitrogens is 2. The lowest BCUT2D eigenvalue weighted by molar-refractivity contribution is -0.117. The summed E-state index contributed by atoms with van der Waals surface area (Å²) in [5.41, 5.74) is -0.0450. The van der Waals surface area contributed by atoms with E-state index in [0.29, 0.717) is 48.3 Å². The van der Waals surface area contributed by atoms with Crippen LogP contribution in [-0.4, -0.2) is 80.8 Å². The summed E-state index contributed by atoms with van der Waals surface area (Å²) in [6, 6.07) is 3.19. The number of hydrogen-bond acceptors (Lipinski definition) is 8. The number of carbonyl (C=O) groups is 3. The Morgan fingerprint density at radius 2 is 2.08 bits per heavy atom. The molecule has 2 aromatic rings. The summed E-state index contributed by atoms with van der Waals surface area (Å²) < 4.78 is 5.45. The van der Waals surface area contributed by atoms with E-state index >= 15 is 0 Å². The van der Waals surface area contributed by atoms with Crippen molar-refractivity contribution in [3.63, 3.8) is 0 Å². The van der Waals surface area contributed by atoms with Gasteiger partial charge in [-0.1, -0.05) is 34.6 Å². The van der Waals surface area contributed by atoms with Gasteiger partial charge in [0, 0.05) is 37.2 Å². The molecule has 2 atom stereocenters. The lowest BCUT2D eigenvalue weighted by Crippen LogP contribution is -2.57. The molecule has 0 saturated carbocycles. The van der Waals surface area contributed by atoms with E-state index < -0.39 is 12.1 Å². The summed E-state index contributed by atoms with van der Waals surface area (Å²) in [7, 11) is 0. The molecule has 12 heteroatoms. The van der Waals surface area contributed by atoms with Crippen LogP contribution >= 0.6 is 0 Å². The number of piperidine rings is 1. The van der Waals surface area contributed by atoms with E-state index in [0.717, 1.165) is 0 Å². The van der Waals surface area contributed by atoms with Gasteiger partial charge >= 0.3 is 6.09 Å². The summed E-state index contributed by atoms with van der Waals surface area (Å²) in [5, 5.41) is 15.9. The molecule has 2 aliphatic heterocycles. The number of nitrogens with zero attached hydrogens (tertiary/aromatic N) is 5. The van der Waals surface area contributed by atoms with Crippen LogP contribution in [0, 0.1) is 11.8 Å². The first-order valence-electron chi connectivity index (χ1n) is 13.2. The molecule has 0 bridgehead atoms. The predicted molar refractivity (Wildman–Crippen MR) is 145 cm³/mol. The molecule has 0 spiro atoms. The molecule has 210 valence electrons. The first kappa shape index (κ1) is 28.1. The molecular formula is C27H37N7O5. The van der Waals surface area contributed by atoms with Crippen molar-refractivity contribution in [3.05, 3.63) is 41.7 Å². The maximum absolute atomic E-state index is 14.2. The number of rotatable bonds is 8. The topological polar surface area (TPSA) is 153 Å². The average Bonchev–Trinajstić information content (AvgIpc) is 3.56. The largest absolute Gasteiger partial charge is 0.467 e. The molecule has 12 nitrogen and oxygen atoms in total. The maximum Gasteiger partial charge on any atom is 0.407 e. The summed E-state index contributed by atoms with van der Waals surface area (Å²) in [4.78, 5) is 54.6. The van der Waals surface area contributed by atoms with Gasteiger partial charge in [-0.3, -0.25) is 14.6 Å². The van der Waals surface area contributed by atoms with Crippen molar-refractivity contribution in [1.82, 2.24) is 25.1 Å². The number of nitrogens with one attached hydrogen (secondary N) is 2. The van der Waals surface area contributed by atoms with Crippen LogP contribution in [0.3, 0.4) is 0 Å². The third-order valence-electron chi connectivity index (χ3n) is 6.71. The molecule has 4 rings (SSSR count). The third-order valence-corrected chi connectivity index (χ3v) is 6.71. The van der Waals surface area contributed by atoms with E-state index in [2.05, 4.69) is 20.6 Å². The van der Waals surface area contributed by atoms with Gasteiger partial charge in [0.1, 0.15) is 35.3 Å². The Labute approximate surface area is 227 Å². The second-order valence-electron chi connectivity index (χ2n) is 11.5. The Bertz CT molecular complexity index is 1240. The van der Waals surface area contributed by atoms with Crippen molar-refractivity contribution >= 4 is 29.6 Å². The number of furan rings is 1. The molecule has 3 N–H and O–H groups in total. The predicted octanol–water partition coefficient (Wildman–Crippen LogP) is 2.97. The molecule has 3 amide bonds. The zero-order valence-corrected chi connectivity index (χ0v) is 23.1. The van der Waals surface area contributed by atoms with E-state index in [1.807, 2.05) is 40.7 Å². The molecule has 1 fully saturated rings. The van der Waals surface area contributed by atoms with E-state index in [1.165, 1.54) is 4.90 Å². The van der Waals surface area contributed by atoms with Crippen molar-refractivity contribution in [3.8, 4) is 0 Å². The monoisotopic (exact) mass is 539 g/mol. The lowest BCUT2D eigenvalue weighted by Gasteiger charge is -2.42. The Hall–Kier alpha value is -3.96. The molecule has 0 aromatic carbocycles. The Kier molecular flexibility index (Phi) is 8.22. The van der Waals surface area contributed by atoms with Crippen LogP contribution in [0.2, 0.25) is 0 Å². The highest BCUT2D eigenvalue weighted by molar-refractivity contribution is 6.05. The quantitative estimate of drug-likeness (QED) is 0.463. The number of amidine groups is 1. The fourth-order valence-corrected chi connectivity index (χ4v) is 4.83. The second kappa shape index (κ2) is 11.4. The minimum atomic E-state index is -1.08. The minimum absolute atomic E-state index is 0.0281. The Morgan fingerprint density at radius 1 is 1.31 bits per heavy atom. The van der Waals surface area contributed by atoms with E-state index in [-0.39, 0.29) is 48.7 Å². The summed E-state index contributed by atoms with van der Waals surface area (Å²) in [5.74, 6) is 1.42. The number of amides is 3. The zero-order valence-electron chi connectivity index (χ0n) is 23.1. The standard InChI is InChI=1S/C27H37N7O5/c1-16(2)13-34(18-9-17(14-33(15-18)26(37)38)22-29-12-21(35)31-22)24(36)20-11-30-25(27(3,4)5)32-23(20)28-10-19-7-6-8-39-19/h6-8,11,16-18H,9-10,12-15H2,1-5H3,(H,37,38)(H,28,30,32)(H,29,31,35)/t17-,18+/m1/s1. The SMILES string of the molecule is CC(C)CN(C(=O)c1cnc(C(C)(C)C)nc1NCc1ccco1)[C@H]1C[C@@H](C2=NCC(=O)N2)CN(C(=O)O)C1. The fraction of sp³-hybridized carbons (Fsp3) is 0.556. The van der Waals surface area contributed by atoms with Crippen molar-refractivity contribution < 1.29 is 23.9 Å². The average molecular weight is 540 g/mol. The highest BCUT2D eigenvalue weighted by Gasteiger charge is 2.39. The molecule has 4 heterocycles. The van der Waals surface area contributed by atoms with Crippen molar-refractivity contribution in [2.24, 2.45) is 16.8 Å². The fourth-order valence-electron chi connectivity index (χ4n) is 4.83. The summed E-state index contributed by atoms with van der Waals surface area (Å²) >= 11 is 0. The van der Waals surface area contributed by atoms with Crippen LogP contribution in [0.1, 0.15) is 63.0 Å². The van der Waals surface area contributed by atoms with Crippen molar-refractivity contribution in [1.29, 1.82) is 0 Å². The van der Waals surface area contributed by atoms with Crippen molar-refractivity contribution in [2.75, 3.05) is 31.5 Å². The van der Waals surface area contributed by atoms with E-state index in [9.17, 15) is 19.5 Å². The lowest BCUT2D eigenvalue weighted by atomic mass is 9.91. The van der Waals surface area contributed by atoms with E-state index in [4.69, 9.17) is 9.40 Å². The second-order valence-corrected chi connectivity index (χ2v) is 11.5. The van der Waals surface area contributed by atoms with Gasteiger partial charge in [-0.15, -0.1) is 0 Å². The number of hydrogen-bond donors (Lipinski definition) is 3. The highest BCUT2D eigenvalue weighted by atomic mass is 16.4. The van der Waals surface area contributed by atoms with Crippen LogP contribution in [0.15, 0.2) is 34.0 Å². The van der Waals surface area contributed by atoms with Crippen LogP contribution in [-0.2, 0) is 16.8 Å². The van der Waals surface area contributed by atoms with E-state index in [1.54, 1.807) is 23.4 Å². The number of aliphatic imine (C=N–C) groups is 1. The Balaban J connectivity index is 1.68. The first-order chi connectivity index (χ1) is 18.4. The van der Waals surface area contributed by atoms with Gasteiger partial charge in [0.15, 0.2) is 0 Å². The molecule has 0 aliphatic carbocycles. The Morgan fingerprint density at radius 3 is 2.67 bits per heavy atom.